The molecule has 0 saturated heterocycles. The van der Waals surface area contributed by atoms with Gasteiger partial charge in [-0.15, -0.1) is 0 Å². The number of hydrogen-bond donors (Lipinski definition) is 1. The molecule has 1 saturated carbocycles. The lowest BCUT2D eigenvalue weighted by molar-refractivity contribution is 0.0117. The zero-order valence-electron chi connectivity index (χ0n) is 9.88. The summed E-state index contributed by atoms with van der Waals surface area (Å²) in [6, 6.07) is 10.4. The van der Waals surface area contributed by atoms with E-state index in [-0.39, 0.29) is 12.1 Å². The van der Waals surface area contributed by atoms with Crippen LogP contribution in [0.25, 0.3) is 0 Å². The van der Waals surface area contributed by atoms with Crippen LogP contribution in [0.4, 0.5) is 0 Å². The predicted octanol–water partition coefficient (Wildman–Crippen LogP) is 3.06. The van der Waals surface area contributed by atoms with Gasteiger partial charge >= 0.3 is 0 Å². The van der Waals surface area contributed by atoms with Crippen LogP contribution in [0, 0.1) is 5.53 Å². The molecule has 4 heteroatoms. The van der Waals surface area contributed by atoms with Crippen molar-refractivity contribution in [1.29, 1.82) is 5.53 Å². The number of ether oxygens (including phenoxy) is 1. The molecule has 2 atom stereocenters. The topological polar surface area (TPSA) is 59.5 Å². The van der Waals surface area contributed by atoms with Gasteiger partial charge in [0.25, 0.3) is 0 Å². The van der Waals surface area contributed by atoms with Crippen molar-refractivity contribution in [1.82, 2.24) is 4.91 Å². The summed E-state index contributed by atoms with van der Waals surface area (Å²) in [6.07, 6.45) is 4.41. The van der Waals surface area contributed by atoms with Gasteiger partial charge in [-0.2, -0.15) is 0 Å². The zero-order valence-corrected chi connectivity index (χ0v) is 9.88. The van der Waals surface area contributed by atoms with Gasteiger partial charge in [-0.25, -0.2) is 0 Å². The van der Waals surface area contributed by atoms with E-state index in [1.807, 2.05) is 18.2 Å². The Balaban J connectivity index is 1.81. The fourth-order valence-corrected chi connectivity index (χ4v) is 2.25. The second-order valence-electron chi connectivity index (χ2n) is 4.45. The molecule has 0 spiro atoms. The SMILES string of the molecule is N=[N+]=N[C@@H]1CCC[C@H](OCc2ccccc2)C1. The van der Waals surface area contributed by atoms with Crippen molar-refractivity contribution >= 4 is 0 Å². The van der Waals surface area contributed by atoms with Crippen molar-refractivity contribution in [3.63, 3.8) is 0 Å². The van der Waals surface area contributed by atoms with Gasteiger partial charge in [0.1, 0.15) is 16.7 Å². The Morgan fingerprint density at radius 1 is 1.29 bits per heavy atom. The van der Waals surface area contributed by atoms with Crippen LogP contribution in [-0.2, 0) is 11.3 Å². The Morgan fingerprint density at radius 3 is 2.88 bits per heavy atom. The van der Waals surface area contributed by atoms with Crippen LogP contribution >= 0.6 is 0 Å². The highest BCUT2D eigenvalue weighted by molar-refractivity contribution is 5.13. The smallest absolute Gasteiger partial charge is 0.214 e. The molecule has 0 aliphatic heterocycles. The highest BCUT2D eigenvalue weighted by Crippen LogP contribution is 2.23. The van der Waals surface area contributed by atoms with Crippen molar-refractivity contribution in [3.05, 3.63) is 35.9 Å². The van der Waals surface area contributed by atoms with Crippen LogP contribution in [-0.4, -0.2) is 12.1 Å². The standard InChI is InChI=1S/C13H18N3O/c14-16-15-12-7-4-8-13(9-12)17-10-11-5-2-1-3-6-11/h1-3,5-6,12-14H,4,7-10H2/q+1/t12-,13+/m1/s1. The first-order chi connectivity index (χ1) is 8.38. The van der Waals surface area contributed by atoms with E-state index in [2.05, 4.69) is 22.2 Å². The quantitative estimate of drug-likeness (QED) is 0.629. The van der Waals surface area contributed by atoms with Crippen LogP contribution < -0.4 is 4.91 Å². The summed E-state index contributed by atoms with van der Waals surface area (Å²) in [6.45, 7) is 0.663. The maximum absolute atomic E-state index is 6.76. The Bertz CT molecular complexity index is 387. The molecule has 0 aromatic heterocycles. The van der Waals surface area contributed by atoms with Crippen LogP contribution in [0.2, 0.25) is 0 Å². The van der Waals surface area contributed by atoms with E-state index in [4.69, 9.17) is 10.3 Å². The van der Waals surface area contributed by atoms with E-state index < -0.39 is 0 Å². The second-order valence-corrected chi connectivity index (χ2v) is 4.45. The van der Waals surface area contributed by atoms with Crippen molar-refractivity contribution in [2.24, 2.45) is 5.11 Å². The average Bonchev–Trinajstić information content (AvgIpc) is 2.39. The van der Waals surface area contributed by atoms with Crippen LogP contribution in [0.15, 0.2) is 35.4 Å². The third kappa shape index (κ3) is 3.77. The predicted molar refractivity (Wildman–Crippen MR) is 64.6 cm³/mol. The molecule has 1 aliphatic carbocycles. The summed E-state index contributed by atoms with van der Waals surface area (Å²) in [7, 11) is 0. The third-order valence-corrected chi connectivity index (χ3v) is 3.15. The lowest BCUT2D eigenvalue weighted by Gasteiger charge is -2.23. The lowest BCUT2D eigenvalue weighted by Crippen LogP contribution is -2.25. The highest BCUT2D eigenvalue weighted by Gasteiger charge is 2.25. The summed E-state index contributed by atoms with van der Waals surface area (Å²) in [4.78, 5) is 3.13. The monoisotopic (exact) mass is 232 g/mol. The van der Waals surface area contributed by atoms with Crippen molar-refractivity contribution in [2.75, 3.05) is 0 Å². The summed E-state index contributed by atoms with van der Waals surface area (Å²) in [5.41, 5.74) is 7.96. The van der Waals surface area contributed by atoms with Gasteiger partial charge in [-0.05, 0) is 24.8 Å². The summed E-state index contributed by atoms with van der Waals surface area (Å²) in [5.74, 6) is 0. The Kier molecular flexibility index (Phi) is 4.42. The van der Waals surface area contributed by atoms with E-state index in [9.17, 15) is 0 Å². The van der Waals surface area contributed by atoms with Gasteiger partial charge in [0, 0.05) is 6.42 Å². The first-order valence-corrected chi connectivity index (χ1v) is 6.10. The van der Waals surface area contributed by atoms with Gasteiger partial charge < -0.3 is 4.74 Å². The van der Waals surface area contributed by atoms with Crippen molar-refractivity contribution in [2.45, 2.75) is 44.4 Å². The molecule has 1 aromatic rings. The molecule has 0 radical (unpaired) electrons. The molecule has 4 nitrogen and oxygen atoms in total. The summed E-state index contributed by atoms with van der Waals surface area (Å²) < 4.78 is 5.88. The van der Waals surface area contributed by atoms with Crippen LogP contribution in [0.5, 0.6) is 0 Å². The van der Waals surface area contributed by atoms with Crippen LogP contribution in [0.3, 0.4) is 0 Å². The minimum Gasteiger partial charge on any atom is -0.373 e. The molecule has 90 valence electrons. The van der Waals surface area contributed by atoms with Crippen molar-refractivity contribution in [3.8, 4) is 0 Å². The highest BCUT2D eigenvalue weighted by atomic mass is 16.5. The molecule has 1 fully saturated rings. The zero-order chi connectivity index (χ0) is 11.9. The second kappa shape index (κ2) is 6.28. The molecule has 0 amide bonds. The van der Waals surface area contributed by atoms with Crippen molar-refractivity contribution < 1.29 is 4.74 Å². The number of nitrogens with one attached hydrogen (secondary N) is 1. The van der Waals surface area contributed by atoms with Gasteiger partial charge in [0.05, 0.1) is 12.7 Å². The minimum atomic E-state index is 0.182. The number of rotatable bonds is 4. The molecule has 1 N–H and O–H groups in total. The first-order valence-electron chi connectivity index (χ1n) is 6.10. The van der Waals surface area contributed by atoms with Gasteiger partial charge in [-0.1, -0.05) is 30.3 Å². The lowest BCUT2D eigenvalue weighted by atomic mass is 9.93. The van der Waals surface area contributed by atoms with Crippen LogP contribution in [0.1, 0.15) is 31.2 Å². The van der Waals surface area contributed by atoms with E-state index in [0.717, 1.165) is 25.7 Å². The summed E-state index contributed by atoms with van der Waals surface area (Å²) >= 11 is 0. The van der Waals surface area contributed by atoms with E-state index in [1.165, 1.54) is 5.56 Å². The first kappa shape index (κ1) is 12.0. The fraction of sp³-hybridized carbons (Fsp3) is 0.538. The maximum Gasteiger partial charge on any atom is 0.214 e. The Morgan fingerprint density at radius 2 is 2.12 bits per heavy atom. The maximum atomic E-state index is 6.76. The van der Waals surface area contributed by atoms with Gasteiger partial charge in [0.15, 0.2) is 0 Å². The Hall–Kier alpha value is -1.51. The van der Waals surface area contributed by atoms with E-state index >= 15 is 0 Å². The third-order valence-electron chi connectivity index (χ3n) is 3.15. The number of benzene rings is 1. The molecule has 17 heavy (non-hydrogen) atoms. The molecule has 2 rings (SSSR count). The number of hydrogen-bond acceptors (Lipinski definition) is 3. The van der Waals surface area contributed by atoms with E-state index in [1.54, 1.807) is 0 Å². The normalized spacial score (nSPS) is 24.0. The number of nitrogens with zero attached hydrogens (tertiary/aromatic N) is 2. The van der Waals surface area contributed by atoms with Gasteiger partial charge in [-0.3, -0.25) is 0 Å². The molecular weight excluding hydrogens is 214 g/mol. The molecule has 0 bridgehead atoms. The molecular formula is C13H18N3O+. The van der Waals surface area contributed by atoms with Gasteiger partial charge in [0.2, 0.25) is 4.91 Å². The molecule has 1 aromatic carbocycles. The average molecular weight is 232 g/mol. The van der Waals surface area contributed by atoms with E-state index in [0.29, 0.717) is 6.61 Å². The fourth-order valence-electron chi connectivity index (χ4n) is 2.25. The molecule has 0 unspecified atom stereocenters. The largest absolute Gasteiger partial charge is 0.373 e. The molecule has 0 heterocycles. The molecule has 1 aliphatic rings. The summed E-state index contributed by atoms with van der Waals surface area (Å²) in [5, 5.41) is 3.90. The minimum absolute atomic E-state index is 0.182. The Labute approximate surface area is 101 Å².